The number of nitrogens with one attached hydrogen (secondary N) is 1. The molecule has 1 rings (SSSR count). The van der Waals surface area contributed by atoms with Gasteiger partial charge in [0, 0.05) is 20.0 Å². The van der Waals surface area contributed by atoms with Gasteiger partial charge in [-0.15, -0.1) is 0 Å². The van der Waals surface area contributed by atoms with E-state index >= 15 is 0 Å². The Balaban J connectivity index is 2.64. The second-order valence-electron chi connectivity index (χ2n) is 2.56. The van der Waals surface area contributed by atoms with Gasteiger partial charge in [0.25, 0.3) is 0 Å². The smallest absolute Gasteiger partial charge is 0.225 e. The molecule has 0 unspecified atom stereocenters. The van der Waals surface area contributed by atoms with Crippen molar-refractivity contribution in [2.45, 2.75) is 6.42 Å². The lowest BCUT2D eigenvalue weighted by Crippen LogP contribution is -2.16. The van der Waals surface area contributed by atoms with Gasteiger partial charge in [0.1, 0.15) is 5.15 Å². The van der Waals surface area contributed by atoms with Crippen molar-refractivity contribution >= 4 is 23.2 Å². The summed E-state index contributed by atoms with van der Waals surface area (Å²) < 4.78 is 1.47. The van der Waals surface area contributed by atoms with Gasteiger partial charge in [0.2, 0.25) is 5.91 Å². The number of anilines is 1. The molecule has 0 radical (unpaired) electrons. The molecule has 0 saturated carbocycles. The number of nitrogens with zero attached hydrogens (tertiary/aromatic N) is 2. The molecule has 0 saturated heterocycles. The fraction of sp³-hybridized carbons (Fsp3) is 0.429. The molecule has 0 aliphatic heterocycles. The molecule has 6 heteroatoms. The first-order chi connectivity index (χ1) is 6.15. The SMILES string of the molecule is Cn1ncc(NC(=O)CCN)c1Cl. The molecule has 1 aromatic rings. The average Bonchev–Trinajstić information content (AvgIpc) is 2.37. The largest absolute Gasteiger partial charge is 0.330 e. The van der Waals surface area contributed by atoms with Gasteiger partial charge in [-0.3, -0.25) is 9.48 Å². The van der Waals surface area contributed by atoms with Gasteiger partial charge in [0.05, 0.1) is 11.9 Å². The van der Waals surface area contributed by atoms with Crippen molar-refractivity contribution in [2.75, 3.05) is 11.9 Å². The molecule has 1 amide bonds. The molecule has 1 aromatic heterocycles. The first-order valence-corrected chi connectivity index (χ1v) is 4.20. The normalized spacial score (nSPS) is 10.1. The zero-order valence-corrected chi connectivity index (χ0v) is 8.01. The minimum atomic E-state index is -0.155. The van der Waals surface area contributed by atoms with Crippen LogP contribution in [-0.2, 0) is 11.8 Å². The number of hydrogen-bond acceptors (Lipinski definition) is 3. The summed E-state index contributed by atoms with van der Waals surface area (Å²) in [5.41, 5.74) is 5.73. The maximum absolute atomic E-state index is 11.1. The van der Waals surface area contributed by atoms with Gasteiger partial charge < -0.3 is 11.1 Å². The first kappa shape index (κ1) is 10.0. The minimum Gasteiger partial charge on any atom is -0.330 e. The molecule has 3 N–H and O–H groups in total. The predicted molar refractivity (Wildman–Crippen MR) is 50.5 cm³/mol. The van der Waals surface area contributed by atoms with E-state index in [0.717, 1.165) is 0 Å². The number of hydrogen-bond donors (Lipinski definition) is 2. The quantitative estimate of drug-likeness (QED) is 0.744. The third kappa shape index (κ3) is 2.43. The third-order valence-electron chi connectivity index (χ3n) is 1.51. The average molecular weight is 203 g/mol. The topological polar surface area (TPSA) is 72.9 Å². The Labute approximate surface area is 80.9 Å². The van der Waals surface area contributed by atoms with Crippen LogP contribution in [0.3, 0.4) is 0 Å². The zero-order valence-electron chi connectivity index (χ0n) is 7.25. The lowest BCUT2D eigenvalue weighted by atomic mass is 10.4. The van der Waals surface area contributed by atoms with E-state index in [1.54, 1.807) is 7.05 Å². The van der Waals surface area contributed by atoms with Crippen LogP contribution < -0.4 is 11.1 Å². The molecule has 0 atom stereocenters. The molecule has 0 spiro atoms. The number of rotatable bonds is 3. The van der Waals surface area contributed by atoms with Crippen molar-refractivity contribution in [2.24, 2.45) is 12.8 Å². The van der Waals surface area contributed by atoms with E-state index in [1.165, 1.54) is 10.9 Å². The number of aryl methyl sites for hydroxylation is 1. The van der Waals surface area contributed by atoms with Crippen LogP contribution in [0.25, 0.3) is 0 Å². The highest BCUT2D eigenvalue weighted by molar-refractivity contribution is 6.32. The van der Waals surface area contributed by atoms with E-state index in [1.807, 2.05) is 0 Å². The Kier molecular flexibility index (Phi) is 3.27. The van der Waals surface area contributed by atoms with Gasteiger partial charge in [0.15, 0.2) is 0 Å². The van der Waals surface area contributed by atoms with Gasteiger partial charge >= 0.3 is 0 Å². The van der Waals surface area contributed by atoms with E-state index < -0.39 is 0 Å². The fourth-order valence-electron chi connectivity index (χ4n) is 0.850. The number of amides is 1. The van der Waals surface area contributed by atoms with Crippen LogP contribution in [0.1, 0.15) is 6.42 Å². The zero-order chi connectivity index (χ0) is 9.84. The number of carbonyl (C=O) groups excluding carboxylic acids is 1. The van der Waals surface area contributed by atoms with Gasteiger partial charge in [-0.25, -0.2) is 0 Å². The molecule has 13 heavy (non-hydrogen) atoms. The Hall–Kier alpha value is -1.07. The van der Waals surface area contributed by atoms with Crippen LogP contribution in [0, 0.1) is 0 Å². The van der Waals surface area contributed by atoms with Crippen molar-refractivity contribution in [3.63, 3.8) is 0 Å². The molecular weight excluding hydrogens is 192 g/mol. The van der Waals surface area contributed by atoms with Crippen LogP contribution >= 0.6 is 11.6 Å². The van der Waals surface area contributed by atoms with E-state index in [4.69, 9.17) is 17.3 Å². The molecule has 1 heterocycles. The Morgan fingerprint density at radius 3 is 3.00 bits per heavy atom. The van der Waals surface area contributed by atoms with E-state index in [2.05, 4.69) is 10.4 Å². The third-order valence-corrected chi connectivity index (χ3v) is 1.96. The van der Waals surface area contributed by atoms with Gasteiger partial charge in [-0.2, -0.15) is 5.10 Å². The number of carbonyl (C=O) groups is 1. The molecule has 0 aliphatic rings. The molecule has 0 aromatic carbocycles. The predicted octanol–water partition coefficient (Wildman–Crippen LogP) is 0.361. The maximum atomic E-state index is 11.1. The van der Waals surface area contributed by atoms with Crippen molar-refractivity contribution in [1.29, 1.82) is 0 Å². The number of nitrogens with two attached hydrogens (primary N) is 1. The standard InChI is InChI=1S/C7H11ClN4O/c1-12-7(8)5(4-10-12)11-6(13)2-3-9/h4H,2-3,9H2,1H3,(H,11,13). The molecule has 5 nitrogen and oxygen atoms in total. The molecule has 0 fully saturated rings. The Bertz CT molecular complexity index is 309. The molecule has 72 valence electrons. The summed E-state index contributed by atoms with van der Waals surface area (Å²) in [4.78, 5) is 11.1. The minimum absolute atomic E-state index is 0.155. The summed E-state index contributed by atoms with van der Waals surface area (Å²) in [5.74, 6) is -0.155. The summed E-state index contributed by atoms with van der Waals surface area (Å²) in [6, 6.07) is 0. The summed E-state index contributed by atoms with van der Waals surface area (Å²) >= 11 is 5.81. The molecule has 0 bridgehead atoms. The second kappa shape index (κ2) is 4.25. The Morgan fingerprint density at radius 2 is 2.54 bits per heavy atom. The molecule has 0 aliphatic carbocycles. The van der Waals surface area contributed by atoms with Crippen molar-refractivity contribution in [3.8, 4) is 0 Å². The monoisotopic (exact) mass is 202 g/mol. The highest BCUT2D eigenvalue weighted by Crippen LogP contribution is 2.19. The van der Waals surface area contributed by atoms with Crippen molar-refractivity contribution in [3.05, 3.63) is 11.3 Å². The van der Waals surface area contributed by atoms with Crippen LogP contribution in [-0.4, -0.2) is 22.2 Å². The lowest BCUT2D eigenvalue weighted by molar-refractivity contribution is -0.116. The van der Waals surface area contributed by atoms with Crippen molar-refractivity contribution in [1.82, 2.24) is 9.78 Å². The van der Waals surface area contributed by atoms with Gasteiger partial charge in [-0.05, 0) is 0 Å². The summed E-state index contributed by atoms with van der Waals surface area (Å²) in [6.07, 6.45) is 1.78. The first-order valence-electron chi connectivity index (χ1n) is 3.82. The fourth-order valence-corrected chi connectivity index (χ4v) is 0.990. The maximum Gasteiger partial charge on any atom is 0.225 e. The van der Waals surface area contributed by atoms with Crippen LogP contribution in [0.2, 0.25) is 5.15 Å². The summed E-state index contributed by atoms with van der Waals surface area (Å²) in [7, 11) is 1.70. The van der Waals surface area contributed by atoms with E-state index in [-0.39, 0.29) is 12.3 Å². The number of halogens is 1. The Morgan fingerprint density at radius 1 is 1.85 bits per heavy atom. The van der Waals surface area contributed by atoms with Crippen LogP contribution in [0.4, 0.5) is 5.69 Å². The van der Waals surface area contributed by atoms with Crippen LogP contribution in [0.15, 0.2) is 6.20 Å². The number of aromatic nitrogens is 2. The highest BCUT2D eigenvalue weighted by Gasteiger charge is 2.08. The lowest BCUT2D eigenvalue weighted by Gasteiger charge is -2.01. The molecular formula is C7H11ClN4O. The van der Waals surface area contributed by atoms with E-state index in [0.29, 0.717) is 17.4 Å². The van der Waals surface area contributed by atoms with Crippen LogP contribution in [0.5, 0.6) is 0 Å². The van der Waals surface area contributed by atoms with Gasteiger partial charge in [-0.1, -0.05) is 11.6 Å². The highest BCUT2D eigenvalue weighted by atomic mass is 35.5. The van der Waals surface area contributed by atoms with Crippen molar-refractivity contribution < 1.29 is 4.79 Å². The van der Waals surface area contributed by atoms with E-state index in [9.17, 15) is 4.79 Å². The summed E-state index contributed by atoms with van der Waals surface area (Å²) in [5, 5.41) is 6.87. The second-order valence-corrected chi connectivity index (χ2v) is 2.92. The summed E-state index contributed by atoms with van der Waals surface area (Å²) in [6.45, 7) is 0.323.